The number of carbonyl (C=O) groups is 1. The normalized spacial score (nSPS) is 10.3. The van der Waals surface area contributed by atoms with Gasteiger partial charge in [-0.1, -0.05) is 12.1 Å². The molecular formula is C17H17F2NO3. The summed E-state index contributed by atoms with van der Waals surface area (Å²) in [6, 6.07) is 8.71. The Morgan fingerprint density at radius 2 is 1.91 bits per heavy atom. The van der Waals surface area contributed by atoms with E-state index >= 15 is 0 Å². The van der Waals surface area contributed by atoms with Gasteiger partial charge in [0, 0.05) is 17.8 Å². The summed E-state index contributed by atoms with van der Waals surface area (Å²) in [7, 11) is 1.23. The van der Waals surface area contributed by atoms with E-state index in [1.165, 1.54) is 25.3 Å². The number of anilines is 1. The largest absolute Gasteiger partial charge is 0.489 e. The number of ether oxygens (including phenoxy) is 2. The first-order valence-electron chi connectivity index (χ1n) is 7.02. The highest BCUT2D eigenvalue weighted by Crippen LogP contribution is 2.21. The van der Waals surface area contributed by atoms with Gasteiger partial charge < -0.3 is 14.8 Å². The van der Waals surface area contributed by atoms with Crippen molar-refractivity contribution in [1.82, 2.24) is 0 Å². The summed E-state index contributed by atoms with van der Waals surface area (Å²) in [5.41, 5.74) is 0.958. The van der Waals surface area contributed by atoms with E-state index in [-0.39, 0.29) is 17.9 Å². The van der Waals surface area contributed by atoms with Crippen LogP contribution >= 0.6 is 0 Å². The smallest absolute Gasteiger partial charge is 0.338 e. The van der Waals surface area contributed by atoms with Gasteiger partial charge in [0.1, 0.15) is 12.4 Å². The molecule has 0 saturated heterocycles. The molecule has 0 fully saturated rings. The van der Waals surface area contributed by atoms with Gasteiger partial charge in [0.05, 0.1) is 12.7 Å². The lowest BCUT2D eigenvalue weighted by Crippen LogP contribution is -2.14. The highest BCUT2D eigenvalue weighted by molar-refractivity contribution is 5.90. The van der Waals surface area contributed by atoms with Gasteiger partial charge in [-0.3, -0.25) is 0 Å². The van der Waals surface area contributed by atoms with E-state index < -0.39 is 17.6 Å². The molecule has 0 atom stereocenters. The number of esters is 1. The SMILES string of the molecule is COC(=O)c1cc(F)c(C)c(NCCOc2ccccc2F)c1. The van der Waals surface area contributed by atoms with E-state index in [2.05, 4.69) is 10.1 Å². The van der Waals surface area contributed by atoms with Crippen molar-refractivity contribution in [1.29, 1.82) is 0 Å². The van der Waals surface area contributed by atoms with E-state index in [9.17, 15) is 13.6 Å². The van der Waals surface area contributed by atoms with Crippen LogP contribution in [0, 0.1) is 18.6 Å². The van der Waals surface area contributed by atoms with Gasteiger partial charge in [-0.15, -0.1) is 0 Å². The highest BCUT2D eigenvalue weighted by atomic mass is 19.1. The molecule has 0 radical (unpaired) electrons. The van der Waals surface area contributed by atoms with Gasteiger partial charge in [-0.25, -0.2) is 13.6 Å². The summed E-state index contributed by atoms with van der Waals surface area (Å²) in [5, 5.41) is 2.97. The van der Waals surface area contributed by atoms with Crippen molar-refractivity contribution in [2.45, 2.75) is 6.92 Å². The second kappa shape index (κ2) is 7.58. The number of benzene rings is 2. The molecule has 0 amide bonds. The highest BCUT2D eigenvalue weighted by Gasteiger charge is 2.12. The average Bonchev–Trinajstić information content (AvgIpc) is 2.55. The zero-order valence-electron chi connectivity index (χ0n) is 12.9. The summed E-state index contributed by atoms with van der Waals surface area (Å²) in [6.07, 6.45) is 0. The third kappa shape index (κ3) is 4.18. The Hall–Kier alpha value is -2.63. The van der Waals surface area contributed by atoms with Crippen molar-refractivity contribution in [3.63, 3.8) is 0 Å². The van der Waals surface area contributed by atoms with Crippen LogP contribution in [0.5, 0.6) is 5.75 Å². The Balaban J connectivity index is 1.99. The summed E-state index contributed by atoms with van der Waals surface area (Å²) in [5.74, 6) is -1.41. The Labute approximate surface area is 133 Å². The number of carbonyl (C=O) groups excluding carboxylic acids is 1. The summed E-state index contributed by atoms with van der Waals surface area (Å²) in [4.78, 5) is 11.5. The molecule has 2 aromatic carbocycles. The zero-order chi connectivity index (χ0) is 16.8. The maximum Gasteiger partial charge on any atom is 0.338 e. The molecule has 0 saturated carbocycles. The van der Waals surface area contributed by atoms with Crippen molar-refractivity contribution in [3.05, 3.63) is 59.2 Å². The molecular weight excluding hydrogens is 304 g/mol. The predicted molar refractivity (Wildman–Crippen MR) is 82.9 cm³/mol. The van der Waals surface area contributed by atoms with E-state index in [1.54, 1.807) is 19.1 Å². The predicted octanol–water partition coefficient (Wildman–Crippen LogP) is 3.55. The molecule has 0 bridgehead atoms. The average molecular weight is 321 g/mol. The lowest BCUT2D eigenvalue weighted by molar-refractivity contribution is 0.0600. The molecule has 0 aromatic heterocycles. The molecule has 0 spiro atoms. The Morgan fingerprint density at radius 1 is 1.17 bits per heavy atom. The fraction of sp³-hybridized carbons (Fsp3) is 0.235. The lowest BCUT2D eigenvalue weighted by atomic mass is 10.1. The second-order valence-corrected chi connectivity index (χ2v) is 4.83. The monoisotopic (exact) mass is 321 g/mol. The van der Waals surface area contributed by atoms with E-state index in [0.29, 0.717) is 17.8 Å². The number of nitrogens with one attached hydrogen (secondary N) is 1. The number of halogens is 2. The topological polar surface area (TPSA) is 47.6 Å². The van der Waals surface area contributed by atoms with Gasteiger partial charge in [0.2, 0.25) is 0 Å². The van der Waals surface area contributed by atoms with Gasteiger partial charge in [-0.2, -0.15) is 0 Å². The second-order valence-electron chi connectivity index (χ2n) is 4.83. The number of para-hydroxylation sites is 1. The van der Waals surface area contributed by atoms with Crippen molar-refractivity contribution >= 4 is 11.7 Å². The number of hydrogen-bond donors (Lipinski definition) is 1. The van der Waals surface area contributed by atoms with Gasteiger partial charge >= 0.3 is 5.97 Å². The third-order valence-corrected chi connectivity index (χ3v) is 3.28. The third-order valence-electron chi connectivity index (χ3n) is 3.28. The fourth-order valence-electron chi connectivity index (χ4n) is 2.01. The van der Waals surface area contributed by atoms with Gasteiger partial charge in [0.15, 0.2) is 11.6 Å². The molecule has 4 nitrogen and oxygen atoms in total. The van der Waals surface area contributed by atoms with E-state index in [1.807, 2.05) is 0 Å². The Kier molecular flexibility index (Phi) is 5.51. The molecule has 23 heavy (non-hydrogen) atoms. The fourth-order valence-corrected chi connectivity index (χ4v) is 2.01. The first kappa shape index (κ1) is 16.7. The Bertz CT molecular complexity index is 704. The van der Waals surface area contributed by atoms with Crippen LogP contribution in [0.2, 0.25) is 0 Å². The number of methoxy groups -OCH3 is 1. The molecule has 2 aromatic rings. The quantitative estimate of drug-likeness (QED) is 0.653. The van der Waals surface area contributed by atoms with Crippen LogP contribution < -0.4 is 10.1 Å². The van der Waals surface area contributed by atoms with Crippen LogP contribution in [0.1, 0.15) is 15.9 Å². The minimum atomic E-state index is -0.616. The van der Waals surface area contributed by atoms with Crippen LogP contribution in [-0.4, -0.2) is 26.2 Å². The summed E-state index contributed by atoms with van der Waals surface area (Å²) in [6.45, 7) is 2.10. The molecule has 2 rings (SSSR count). The van der Waals surface area contributed by atoms with Crippen LogP contribution in [0.25, 0.3) is 0 Å². The summed E-state index contributed by atoms with van der Waals surface area (Å²) >= 11 is 0. The lowest BCUT2D eigenvalue weighted by Gasteiger charge is -2.13. The molecule has 0 aliphatic carbocycles. The van der Waals surface area contributed by atoms with Gasteiger partial charge in [-0.05, 0) is 31.2 Å². The van der Waals surface area contributed by atoms with Gasteiger partial charge in [0.25, 0.3) is 0 Å². The van der Waals surface area contributed by atoms with Crippen molar-refractivity contribution in [2.24, 2.45) is 0 Å². The number of rotatable bonds is 6. The maximum absolute atomic E-state index is 13.8. The summed E-state index contributed by atoms with van der Waals surface area (Å²) < 4.78 is 37.1. The number of hydrogen-bond acceptors (Lipinski definition) is 4. The van der Waals surface area contributed by atoms with Crippen LogP contribution in [-0.2, 0) is 4.74 Å². The first-order valence-corrected chi connectivity index (χ1v) is 7.02. The first-order chi connectivity index (χ1) is 11.0. The van der Waals surface area contributed by atoms with E-state index in [0.717, 1.165) is 6.07 Å². The Morgan fingerprint density at radius 3 is 2.61 bits per heavy atom. The van der Waals surface area contributed by atoms with Crippen LogP contribution in [0.4, 0.5) is 14.5 Å². The minimum absolute atomic E-state index is 0.119. The minimum Gasteiger partial charge on any atom is -0.489 e. The molecule has 1 N–H and O–H groups in total. The molecule has 0 aliphatic heterocycles. The molecule has 0 aliphatic rings. The van der Waals surface area contributed by atoms with E-state index in [4.69, 9.17) is 4.74 Å². The molecule has 0 unspecified atom stereocenters. The van der Waals surface area contributed by atoms with Crippen LogP contribution in [0.3, 0.4) is 0 Å². The zero-order valence-corrected chi connectivity index (χ0v) is 12.9. The van der Waals surface area contributed by atoms with Crippen molar-refractivity contribution in [2.75, 3.05) is 25.6 Å². The molecule has 122 valence electrons. The molecule has 6 heteroatoms. The van der Waals surface area contributed by atoms with Crippen molar-refractivity contribution in [3.8, 4) is 5.75 Å². The van der Waals surface area contributed by atoms with Crippen LogP contribution in [0.15, 0.2) is 36.4 Å². The molecule has 0 heterocycles. The standard InChI is InChI=1S/C17H17F2NO3/c1-11-14(19)9-12(17(21)22-2)10-15(11)20-7-8-23-16-6-4-3-5-13(16)18/h3-6,9-10,20H,7-8H2,1-2H3. The van der Waals surface area contributed by atoms with Crippen molar-refractivity contribution < 1.29 is 23.0 Å². The maximum atomic E-state index is 13.8.